The van der Waals surface area contributed by atoms with Gasteiger partial charge in [-0.1, -0.05) is 18.2 Å². The normalized spacial score (nSPS) is 17.7. The number of benzene rings is 1. The zero-order chi connectivity index (χ0) is 11.8. The van der Waals surface area contributed by atoms with Gasteiger partial charge in [-0.2, -0.15) is 5.10 Å². The van der Waals surface area contributed by atoms with E-state index in [-0.39, 0.29) is 5.97 Å². The Kier molecular flexibility index (Phi) is 2.11. The van der Waals surface area contributed by atoms with Crippen molar-refractivity contribution in [3.8, 4) is 0 Å². The lowest BCUT2D eigenvalue weighted by Gasteiger charge is -2.11. The van der Waals surface area contributed by atoms with Crippen LogP contribution in [-0.2, 0) is 4.74 Å². The lowest BCUT2D eigenvalue weighted by Crippen LogP contribution is -2.10. The number of aromatic amines is 1. The third-order valence-corrected chi connectivity index (χ3v) is 2.67. The zero-order valence-electron chi connectivity index (χ0n) is 9.23. The molecule has 1 aliphatic rings. The van der Waals surface area contributed by atoms with Crippen LogP contribution in [0.15, 0.2) is 30.3 Å². The Morgan fingerprint density at radius 2 is 2.24 bits per heavy atom. The second kappa shape index (κ2) is 3.62. The van der Waals surface area contributed by atoms with E-state index in [1.165, 1.54) is 0 Å². The Morgan fingerprint density at radius 1 is 1.41 bits per heavy atom. The summed E-state index contributed by atoms with van der Waals surface area (Å²) in [7, 11) is 0. The van der Waals surface area contributed by atoms with Crippen molar-refractivity contribution in [1.29, 1.82) is 0 Å². The van der Waals surface area contributed by atoms with Crippen LogP contribution >= 0.6 is 0 Å². The molecule has 0 saturated heterocycles. The van der Waals surface area contributed by atoms with Crippen LogP contribution in [0.25, 0.3) is 0 Å². The molecular weight excluding hydrogens is 218 g/mol. The van der Waals surface area contributed by atoms with Crippen molar-refractivity contribution in [3.05, 3.63) is 47.2 Å². The Morgan fingerprint density at radius 3 is 3.00 bits per heavy atom. The molecule has 17 heavy (non-hydrogen) atoms. The lowest BCUT2D eigenvalue weighted by atomic mass is 10.1. The minimum Gasteiger partial charge on any atom is -0.434 e. The maximum absolute atomic E-state index is 11.6. The molecule has 1 atom stereocenters. The van der Waals surface area contributed by atoms with Crippen molar-refractivity contribution in [2.75, 3.05) is 5.32 Å². The van der Waals surface area contributed by atoms with Crippen molar-refractivity contribution in [2.45, 2.75) is 13.2 Å². The van der Waals surface area contributed by atoms with Gasteiger partial charge in [-0.15, -0.1) is 0 Å². The standard InChI is InChI=1S/C12H11N3O2/c1-7-6-10(15-14-7)13-11-8-4-2-3-5-9(8)12(16)17-11/h2-6,11H,1H3,(H2,13,14,15). The summed E-state index contributed by atoms with van der Waals surface area (Å²) in [4.78, 5) is 11.6. The van der Waals surface area contributed by atoms with E-state index >= 15 is 0 Å². The highest BCUT2D eigenvalue weighted by Gasteiger charge is 2.30. The molecule has 0 amide bonds. The summed E-state index contributed by atoms with van der Waals surface area (Å²) in [6.07, 6.45) is -0.457. The maximum Gasteiger partial charge on any atom is 0.340 e. The van der Waals surface area contributed by atoms with Crippen LogP contribution in [0.4, 0.5) is 5.82 Å². The number of cyclic esters (lactones) is 1. The summed E-state index contributed by atoms with van der Waals surface area (Å²) in [5, 5.41) is 9.94. The number of hydrogen-bond acceptors (Lipinski definition) is 4. The Balaban J connectivity index is 1.89. The molecule has 1 unspecified atom stereocenters. The molecule has 1 aromatic heterocycles. The topological polar surface area (TPSA) is 67.0 Å². The van der Waals surface area contributed by atoms with Crippen LogP contribution in [0.2, 0.25) is 0 Å². The number of fused-ring (bicyclic) bond motifs is 1. The average molecular weight is 229 g/mol. The van der Waals surface area contributed by atoms with E-state index in [2.05, 4.69) is 15.5 Å². The molecule has 2 aromatic rings. The number of ether oxygens (including phenoxy) is 1. The second-order valence-electron chi connectivity index (χ2n) is 3.95. The van der Waals surface area contributed by atoms with Crippen LogP contribution in [-0.4, -0.2) is 16.2 Å². The first-order valence-corrected chi connectivity index (χ1v) is 5.32. The molecule has 0 aliphatic carbocycles. The Hall–Kier alpha value is -2.30. The van der Waals surface area contributed by atoms with Gasteiger partial charge >= 0.3 is 5.97 Å². The van der Waals surface area contributed by atoms with Gasteiger partial charge in [0.15, 0.2) is 5.82 Å². The van der Waals surface area contributed by atoms with Gasteiger partial charge in [-0.25, -0.2) is 4.79 Å². The third-order valence-electron chi connectivity index (χ3n) is 2.67. The molecule has 0 spiro atoms. The van der Waals surface area contributed by atoms with Gasteiger partial charge in [0.25, 0.3) is 0 Å². The van der Waals surface area contributed by atoms with E-state index in [1.54, 1.807) is 6.07 Å². The highest BCUT2D eigenvalue weighted by atomic mass is 16.6. The summed E-state index contributed by atoms with van der Waals surface area (Å²) in [6.45, 7) is 1.91. The van der Waals surface area contributed by atoms with Crippen LogP contribution in [0, 0.1) is 6.92 Å². The van der Waals surface area contributed by atoms with Gasteiger partial charge in [-0.3, -0.25) is 5.10 Å². The molecular formula is C12H11N3O2. The van der Waals surface area contributed by atoms with Crippen molar-refractivity contribution in [1.82, 2.24) is 10.2 Å². The quantitative estimate of drug-likeness (QED) is 0.773. The first-order chi connectivity index (χ1) is 8.24. The first kappa shape index (κ1) is 9.89. The number of H-pyrrole nitrogens is 1. The van der Waals surface area contributed by atoms with Crippen molar-refractivity contribution < 1.29 is 9.53 Å². The fraction of sp³-hybridized carbons (Fsp3) is 0.167. The summed E-state index contributed by atoms with van der Waals surface area (Å²) in [6, 6.07) is 9.19. The predicted molar refractivity (Wildman–Crippen MR) is 61.5 cm³/mol. The molecule has 2 N–H and O–H groups in total. The largest absolute Gasteiger partial charge is 0.434 e. The first-order valence-electron chi connectivity index (χ1n) is 5.32. The Labute approximate surface area is 97.8 Å². The molecule has 5 nitrogen and oxygen atoms in total. The summed E-state index contributed by atoms with van der Waals surface area (Å²) < 4.78 is 5.24. The number of hydrogen-bond donors (Lipinski definition) is 2. The molecule has 0 fully saturated rings. The minimum atomic E-state index is -0.457. The van der Waals surface area contributed by atoms with E-state index in [4.69, 9.17) is 4.74 Å². The number of nitrogens with one attached hydrogen (secondary N) is 2. The molecule has 3 rings (SSSR count). The van der Waals surface area contributed by atoms with E-state index in [0.29, 0.717) is 11.4 Å². The summed E-state index contributed by atoms with van der Waals surface area (Å²) >= 11 is 0. The summed E-state index contributed by atoms with van der Waals surface area (Å²) in [5.74, 6) is 0.363. The van der Waals surface area contributed by atoms with E-state index < -0.39 is 6.23 Å². The fourth-order valence-electron chi connectivity index (χ4n) is 1.88. The SMILES string of the molecule is Cc1cc(NC2OC(=O)c3ccccc32)n[nH]1. The van der Waals surface area contributed by atoms with Gasteiger partial charge in [0, 0.05) is 17.3 Å². The highest BCUT2D eigenvalue weighted by molar-refractivity contribution is 5.94. The molecule has 86 valence electrons. The number of rotatable bonds is 2. The lowest BCUT2D eigenvalue weighted by molar-refractivity contribution is 0.0436. The molecule has 0 saturated carbocycles. The fourth-order valence-corrected chi connectivity index (χ4v) is 1.88. The molecule has 2 heterocycles. The molecule has 0 radical (unpaired) electrons. The smallest absolute Gasteiger partial charge is 0.340 e. The Bertz CT molecular complexity index is 577. The number of carbonyl (C=O) groups is 1. The van der Waals surface area contributed by atoms with E-state index in [1.807, 2.05) is 31.2 Å². The van der Waals surface area contributed by atoms with Crippen LogP contribution < -0.4 is 5.32 Å². The number of carbonyl (C=O) groups excluding carboxylic acids is 1. The van der Waals surface area contributed by atoms with Crippen molar-refractivity contribution in [3.63, 3.8) is 0 Å². The minimum absolute atomic E-state index is 0.301. The van der Waals surface area contributed by atoms with Crippen molar-refractivity contribution in [2.24, 2.45) is 0 Å². The predicted octanol–water partition coefficient (Wildman–Crippen LogP) is 2.00. The van der Waals surface area contributed by atoms with Gasteiger partial charge in [-0.05, 0) is 13.0 Å². The van der Waals surface area contributed by atoms with E-state index in [9.17, 15) is 4.79 Å². The number of anilines is 1. The van der Waals surface area contributed by atoms with Gasteiger partial charge in [0.1, 0.15) is 0 Å². The van der Waals surface area contributed by atoms with Crippen LogP contribution in [0.1, 0.15) is 27.8 Å². The van der Waals surface area contributed by atoms with E-state index in [0.717, 1.165) is 11.3 Å². The van der Waals surface area contributed by atoms with Gasteiger partial charge in [0.05, 0.1) is 5.56 Å². The second-order valence-corrected chi connectivity index (χ2v) is 3.95. The van der Waals surface area contributed by atoms with Gasteiger partial charge < -0.3 is 10.1 Å². The average Bonchev–Trinajstić information content (AvgIpc) is 2.86. The molecule has 1 aromatic carbocycles. The number of aryl methyl sites for hydroxylation is 1. The molecule has 5 heteroatoms. The van der Waals surface area contributed by atoms with Crippen LogP contribution in [0.5, 0.6) is 0 Å². The maximum atomic E-state index is 11.6. The highest BCUT2D eigenvalue weighted by Crippen LogP contribution is 2.30. The number of esters is 1. The van der Waals surface area contributed by atoms with Crippen molar-refractivity contribution >= 4 is 11.8 Å². The number of aromatic nitrogens is 2. The molecule has 0 bridgehead atoms. The molecule has 1 aliphatic heterocycles. The summed E-state index contributed by atoms with van der Waals surface area (Å²) in [5.41, 5.74) is 2.40. The number of nitrogens with zero attached hydrogens (tertiary/aromatic N) is 1. The monoisotopic (exact) mass is 229 g/mol. The third kappa shape index (κ3) is 1.65. The zero-order valence-corrected chi connectivity index (χ0v) is 9.23. The van der Waals surface area contributed by atoms with Crippen LogP contribution in [0.3, 0.4) is 0 Å². The van der Waals surface area contributed by atoms with Gasteiger partial charge in [0.2, 0.25) is 6.23 Å².